The number of rotatable bonds is 14. The first-order valence-corrected chi connectivity index (χ1v) is 11.8. The maximum Gasteiger partial charge on any atom is 0.326 e. The Labute approximate surface area is 217 Å². The average Bonchev–Trinajstić information content (AvgIpc) is 3.61. The quantitative estimate of drug-likeness (QED) is 0.116. The summed E-state index contributed by atoms with van der Waals surface area (Å²) in [5.74, 6) is -3.59. The molecule has 0 aliphatic rings. The molecule has 4 atom stereocenters. The van der Waals surface area contributed by atoms with Crippen LogP contribution in [0.5, 0.6) is 0 Å². The van der Waals surface area contributed by atoms with E-state index in [2.05, 4.69) is 35.9 Å². The molecule has 0 radical (unpaired) electrons. The summed E-state index contributed by atoms with van der Waals surface area (Å²) in [5.41, 5.74) is 7.81. The second-order valence-electron chi connectivity index (χ2n) is 8.56. The average molecular weight is 527 g/mol. The molecular formula is C24H30N8O6. The minimum absolute atomic E-state index is 0.000729. The van der Waals surface area contributed by atoms with E-state index in [0.29, 0.717) is 17.0 Å². The highest BCUT2D eigenvalue weighted by Gasteiger charge is 2.30. The minimum atomic E-state index is -1.47. The van der Waals surface area contributed by atoms with Gasteiger partial charge in [0.2, 0.25) is 17.7 Å². The predicted molar refractivity (Wildman–Crippen MR) is 133 cm³/mol. The standard InChI is InChI=1S/C24H30N8O6/c25-17(7-15-9-26-12-28-15)21(34)30-18(8-16-10-27-13-29-16)22(35)32-20(11-33)23(36)31-19(24(37)38)6-14-4-2-1-3-5-14/h1-5,9-10,12-13,17-20,33H,6-8,11,25H2,(H,26,28)(H,27,29)(H,30,34)(H,31,36)(H,32,35)(H,37,38). The number of imidazole rings is 2. The summed E-state index contributed by atoms with van der Waals surface area (Å²) in [6.07, 6.45) is 5.97. The topological polar surface area (TPSA) is 228 Å². The number of carboxylic acids is 1. The van der Waals surface area contributed by atoms with E-state index >= 15 is 0 Å². The first-order chi connectivity index (χ1) is 18.3. The molecule has 14 nitrogen and oxygen atoms in total. The number of aliphatic carboxylic acids is 1. The van der Waals surface area contributed by atoms with Crippen LogP contribution in [0.15, 0.2) is 55.4 Å². The van der Waals surface area contributed by atoms with Crippen LogP contribution in [0.4, 0.5) is 0 Å². The summed E-state index contributed by atoms with van der Waals surface area (Å²) in [6, 6.07) is 3.73. The molecule has 0 spiro atoms. The fraction of sp³-hybridized carbons (Fsp3) is 0.333. The molecule has 3 aromatic rings. The van der Waals surface area contributed by atoms with Gasteiger partial charge >= 0.3 is 5.97 Å². The Kier molecular flexibility index (Phi) is 10.1. The van der Waals surface area contributed by atoms with Crippen LogP contribution in [0.25, 0.3) is 0 Å². The number of H-pyrrole nitrogens is 2. The number of carbonyl (C=O) groups is 4. The molecule has 0 aliphatic carbocycles. The van der Waals surface area contributed by atoms with Gasteiger partial charge < -0.3 is 41.9 Å². The molecule has 9 N–H and O–H groups in total. The second kappa shape index (κ2) is 13.7. The van der Waals surface area contributed by atoms with Crippen LogP contribution in [0, 0.1) is 0 Å². The van der Waals surface area contributed by atoms with Gasteiger partial charge in [-0.2, -0.15) is 0 Å². The lowest BCUT2D eigenvalue weighted by atomic mass is 10.1. The van der Waals surface area contributed by atoms with Gasteiger partial charge in [-0.15, -0.1) is 0 Å². The lowest BCUT2D eigenvalue weighted by Crippen LogP contribution is -2.58. The van der Waals surface area contributed by atoms with E-state index < -0.39 is 54.5 Å². The number of aromatic nitrogens is 4. The Morgan fingerprint density at radius 2 is 1.34 bits per heavy atom. The van der Waals surface area contributed by atoms with Gasteiger partial charge in [-0.25, -0.2) is 14.8 Å². The normalized spacial score (nSPS) is 14.1. The lowest BCUT2D eigenvalue weighted by molar-refractivity contribution is -0.142. The maximum atomic E-state index is 13.1. The number of aliphatic hydroxyl groups excluding tert-OH is 1. The van der Waals surface area contributed by atoms with Crippen molar-refractivity contribution in [2.75, 3.05) is 6.61 Å². The number of aliphatic hydroxyl groups is 1. The number of nitrogens with two attached hydrogens (primary N) is 1. The Morgan fingerprint density at radius 1 is 0.789 bits per heavy atom. The van der Waals surface area contributed by atoms with Gasteiger partial charge in [-0.05, 0) is 5.56 Å². The first-order valence-electron chi connectivity index (χ1n) is 11.8. The third-order valence-corrected chi connectivity index (χ3v) is 5.66. The van der Waals surface area contributed by atoms with Crippen LogP contribution in [0.3, 0.4) is 0 Å². The molecule has 2 heterocycles. The summed E-state index contributed by atoms with van der Waals surface area (Å²) in [4.78, 5) is 63.8. The molecule has 0 fully saturated rings. The van der Waals surface area contributed by atoms with Crippen molar-refractivity contribution in [3.05, 3.63) is 72.3 Å². The van der Waals surface area contributed by atoms with E-state index in [4.69, 9.17) is 5.73 Å². The highest BCUT2D eigenvalue weighted by atomic mass is 16.4. The summed E-state index contributed by atoms with van der Waals surface area (Å²) >= 11 is 0. The van der Waals surface area contributed by atoms with E-state index in [9.17, 15) is 29.4 Å². The summed E-state index contributed by atoms with van der Waals surface area (Å²) in [5, 5.41) is 26.6. The number of benzene rings is 1. The van der Waals surface area contributed by atoms with Crippen LogP contribution in [0.1, 0.15) is 17.0 Å². The number of aromatic amines is 2. The lowest BCUT2D eigenvalue weighted by Gasteiger charge is -2.24. The van der Waals surface area contributed by atoms with Crippen molar-refractivity contribution in [2.24, 2.45) is 5.73 Å². The smallest absolute Gasteiger partial charge is 0.326 e. The monoisotopic (exact) mass is 526 g/mol. The van der Waals surface area contributed by atoms with Crippen molar-refractivity contribution >= 4 is 23.7 Å². The third-order valence-electron chi connectivity index (χ3n) is 5.66. The number of carbonyl (C=O) groups excluding carboxylic acids is 3. The molecule has 202 valence electrons. The number of carboxylic acid groups (broad SMARTS) is 1. The molecule has 14 heteroatoms. The maximum absolute atomic E-state index is 13.1. The Hall–Kier alpha value is -4.56. The molecular weight excluding hydrogens is 496 g/mol. The SMILES string of the molecule is NC(Cc1cnc[nH]1)C(=O)NC(Cc1cnc[nH]1)C(=O)NC(CO)C(=O)NC(Cc1ccccc1)C(=O)O. The van der Waals surface area contributed by atoms with Crippen molar-refractivity contribution in [1.29, 1.82) is 0 Å². The first kappa shape index (κ1) is 28.0. The van der Waals surface area contributed by atoms with Gasteiger partial charge in [0.05, 0.1) is 25.3 Å². The zero-order valence-corrected chi connectivity index (χ0v) is 20.3. The molecule has 1 aromatic carbocycles. The molecule has 0 bridgehead atoms. The van der Waals surface area contributed by atoms with Crippen LogP contribution in [-0.4, -0.2) is 84.6 Å². The molecule has 2 aromatic heterocycles. The van der Waals surface area contributed by atoms with Gasteiger partial charge in [0.1, 0.15) is 18.1 Å². The van der Waals surface area contributed by atoms with Crippen LogP contribution in [0.2, 0.25) is 0 Å². The van der Waals surface area contributed by atoms with Gasteiger partial charge in [-0.3, -0.25) is 14.4 Å². The summed E-state index contributed by atoms with van der Waals surface area (Å²) < 4.78 is 0. The minimum Gasteiger partial charge on any atom is -0.480 e. The molecule has 3 amide bonds. The molecule has 0 aliphatic heterocycles. The zero-order valence-electron chi connectivity index (χ0n) is 20.3. The highest BCUT2D eigenvalue weighted by Crippen LogP contribution is 2.05. The van der Waals surface area contributed by atoms with Crippen molar-refractivity contribution in [1.82, 2.24) is 35.9 Å². The second-order valence-corrected chi connectivity index (χ2v) is 8.56. The van der Waals surface area contributed by atoms with Crippen molar-refractivity contribution in [3.63, 3.8) is 0 Å². The van der Waals surface area contributed by atoms with Crippen molar-refractivity contribution < 1.29 is 29.4 Å². The van der Waals surface area contributed by atoms with Crippen LogP contribution < -0.4 is 21.7 Å². The molecule has 0 saturated heterocycles. The van der Waals surface area contributed by atoms with Gasteiger partial charge in [0.15, 0.2) is 0 Å². The van der Waals surface area contributed by atoms with E-state index in [1.807, 2.05) is 0 Å². The molecule has 3 rings (SSSR count). The van der Waals surface area contributed by atoms with Crippen LogP contribution in [-0.2, 0) is 38.4 Å². The number of nitrogens with zero attached hydrogens (tertiary/aromatic N) is 2. The highest BCUT2D eigenvalue weighted by molar-refractivity contribution is 5.94. The largest absolute Gasteiger partial charge is 0.480 e. The van der Waals surface area contributed by atoms with Gasteiger partial charge in [0, 0.05) is 43.0 Å². The molecule has 4 unspecified atom stereocenters. The van der Waals surface area contributed by atoms with Crippen molar-refractivity contribution in [2.45, 2.75) is 43.4 Å². The summed E-state index contributed by atoms with van der Waals surface area (Å²) in [6.45, 7) is -0.806. The zero-order chi connectivity index (χ0) is 27.5. The molecule has 38 heavy (non-hydrogen) atoms. The third kappa shape index (κ3) is 8.25. The predicted octanol–water partition coefficient (Wildman–Crippen LogP) is -1.98. The fourth-order valence-corrected chi connectivity index (χ4v) is 3.62. The van der Waals surface area contributed by atoms with E-state index in [0.717, 1.165) is 0 Å². The fourth-order valence-electron chi connectivity index (χ4n) is 3.62. The van der Waals surface area contributed by atoms with Gasteiger partial charge in [-0.1, -0.05) is 30.3 Å². The van der Waals surface area contributed by atoms with E-state index in [1.54, 1.807) is 30.3 Å². The van der Waals surface area contributed by atoms with E-state index in [-0.39, 0.29) is 19.3 Å². The van der Waals surface area contributed by atoms with Crippen LogP contribution >= 0.6 is 0 Å². The van der Waals surface area contributed by atoms with Crippen molar-refractivity contribution in [3.8, 4) is 0 Å². The Morgan fingerprint density at radius 3 is 1.89 bits per heavy atom. The number of hydrogen-bond acceptors (Lipinski definition) is 8. The molecule has 0 saturated carbocycles. The van der Waals surface area contributed by atoms with Gasteiger partial charge in [0.25, 0.3) is 0 Å². The Balaban J connectivity index is 1.66. The number of amides is 3. The number of nitrogens with one attached hydrogen (secondary N) is 5. The number of hydrogen-bond donors (Lipinski definition) is 8. The summed E-state index contributed by atoms with van der Waals surface area (Å²) in [7, 11) is 0. The Bertz CT molecular complexity index is 1190. The van der Waals surface area contributed by atoms with E-state index in [1.165, 1.54) is 25.0 Å².